The summed E-state index contributed by atoms with van der Waals surface area (Å²) in [4.78, 5) is 20.3. The van der Waals surface area contributed by atoms with Crippen LogP contribution in [0.3, 0.4) is 0 Å². The standard InChI is InChI=1S/C14H18N4O/c1-10-5-4-6-16-12(10)7-11(2)17-14(19)13-8-15-9-18(13)3/h4-6,8-9,11H,7H2,1-3H3,(H,17,19)/t11-/m1/s1. The number of aromatic nitrogens is 3. The Balaban J connectivity index is 1.99. The fourth-order valence-electron chi connectivity index (χ4n) is 1.95. The van der Waals surface area contributed by atoms with Crippen molar-refractivity contribution in [2.45, 2.75) is 26.3 Å². The van der Waals surface area contributed by atoms with Gasteiger partial charge in [-0.25, -0.2) is 4.98 Å². The lowest BCUT2D eigenvalue weighted by atomic mass is 10.1. The van der Waals surface area contributed by atoms with Gasteiger partial charge in [0.1, 0.15) is 5.69 Å². The number of imidazole rings is 1. The summed E-state index contributed by atoms with van der Waals surface area (Å²) in [7, 11) is 1.80. The Morgan fingerprint density at radius 1 is 1.53 bits per heavy atom. The van der Waals surface area contributed by atoms with E-state index in [1.54, 1.807) is 30.3 Å². The van der Waals surface area contributed by atoms with Crippen molar-refractivity contribution < 1.29 is 4.79 Å². The van der Waals surface area contributed by atoms with Gasteiger partial charge in [-0.2, -0.15) is 0 Å². The topological polar surface area (TPSA) is 59.8 Å². The number of rotatable bonds is 4. The molecule has 2 rings (SSSR count). The number of nitrogens with one attached hydrogen (secondary N) is 1. The summed E-state index contributed by atoms with van der Waals surface area (Å²) in [5.74, 6) is -0.110. The third kappa shape index (κ3) is 3.19. The van der Waals surface area contributed by atoms with Gasteiger partial charge in [0.05, 0.1) is 12.5 Å². The number of carbonyl (C=O) groups excluding carboxylic acids is 1. The Hall–Kier alpha value is -2.17. The number of hydrogen-bond acceptors (Lipinski definition) is 3. The van der Waals surface area contributed by atoms with Crippen molar-refractivity contribution in [1.82, 2.24) is 19.9 Å². The minimum atomic E-state index is -0.110. The molecule has 100 valence electrons. The molecule has 0 aromatic carbocycles. The lowest BCUT2D eigenvalue weighted by molar-refractivity contribution is 0.0931. The molecule has 0 aliphatic carbocycles. The van der Waals surface area contributed by atoms with Crippen LogP contribution in [0.5, 0.6) is 0 Å². The SMILES string of the molecule is Cc1cccnc1C[C@@H](C)NC(=O)c1cncn1C. The molecule has 0 fully saturated rings. The van der Waals surface area contributed by atoms with Crippen LogP contribution in [-0.2, 0) is 13.5 Å². The minimum absolute atomic E-state index is 0.0241. The molecule has 1 amide bonds. The van der Waals surface area contributed by atoms with Crippen LogP contribution in [0.1, 0.15) is 28.7 Å². The number of nitrogens with zero attached hydrogens (tertiary/aromatic N) is 3. The van der Waals surface area contributed by atoms with E-state index in [1.807, 2.05) is 26.0 Å². The van der Waals surface area contributed by atoms with Gasteiger partial charge in [0, 0.05) is 31.4 Å². The van der Waals surface area contributed by atoms with E-state index in [9.17, 15) is 4.79 Å². The van der Waals surface area contributed by atoms with Crippen molar-refractivity contribution in [3.8, 4) is 0 Å². The fourth-order valence-corrected chi connectivity index (χ4v) is 1.95. The molecule has 0 unspecified atom stereocenters. The highest BCUT2D eigenvalue weighted by Crippen LogP contribution is 2.07. The minimum Gasteiger partial charge on any atom is -0.348 e. The van der Waals surface area contributed by atoms with E-state index in [4.69, 9.17) is 0 Å². The third-order valence-corrected chi connectivity index (χ3v) is 3.04. The Morgan fingerprint density at radius 2 is 2.32 bits per heavy atom. The van der Waals surface area contributed by atoms with Crippen LogP contribution in [0.4, 0.5) is 0 Å². The van der Waals surface area contributed by atoms with E-state index in [2.05, 4.69) is 15.3 Å². The van der Waals surface area contributed by atoms with Crippen LogP contribution in [0.2, 0.25) is 0 Å². The zero-order chi connectivity index (χ0) is 13.8. The van der Waals surface area contributed by atoms with Gasteiger partial charge in [-0.1, -0.05) is 6.07 Å². The lowest BCUT2D eigenvalue weighted by Gasteiger charge is -2.14. The van der Waals surface area contributed by atoms with Gasteiger partial charge >= 0.3 is 0 Å². The van der Waals surface area contributed by atoms with E-state index in [0.29, 0.717) is 5.69 Å². The molecule has 5 nitrogen and oxygen atoms in total. The quantitative estimate of drug-likeness (QED) is 0.903. The molecule has 2 heterocycles. The van der Waals surface area contributed by atoms with Crippen LogP contribution < -0.4 is 5.32 Å². The summed E-state index contributed by atoms with van der Waals surface area (Å²) >= 11 is 0. The summed E-state index contributed by atoms with van der Waals surface area (Å²) in [6.45, 7) is 4.00. The van der Waals surface area contributed by atoms with Crippen molar-refractivity contribution in [3.63, 3.8) is 0 Å². The molecular formula is C14H18N4O. The zero-order valence-corrected chi connectivity index (χ0v) is 11.4. The van der Waals surface area contributed by atoms with Crippen LogP contribution in [-0.4, -0.2) is 26.5 Å². The van der Waals surface area contributed by atoms with Gasteiger partial charge < -0.3 is 9.88 Å². The number of amides is 1. The average molecular weight is 258 g/mol. The normalized spacial score (nSPS) is 12.2. The van der Waals surface area contributed by atoms with Crippen molar-refractivity contribution >= 4 is 5.91 Å². The van der Waals surface area contributed by atoms with Gasteiger partial charge in [-0.3, -0.25) is 9.78 Å². The monoisotopic (exact) mass is 258 g/mol. The van der Waals surface area contributed by atoms with Gasteiger partial charge in [0.15, 0.2) is 0 Å². The summed E-state index contributed by atoms with van der Waals surface area (Å²) in [5, 5.41) is 2.96. The van der Waals surface area contributed by atoms with Crippen molar-refractivity contribution in [1.29, 1.82) is 0 Å². The largest absolute Gasteiger partial charge is 0.348 e. The average Bonchev–Trinajstić information content (AvgIpc) is 2.78. The highest BCUT2D eigenvalue weighted by molar-refractivity contribution is 5.92. The molecule has 2 aromatic rings. The second kappa shape index (κ2) is 5.65. The number of carbonyl (C=O) groups is 1. The number of hydrogen-bond donors (Lipinski definition) is 1. The molecular weight excluding hydrogens is 240 g/mol. The second-order valence-electron chi connectivity index (χ2n) is 4.74. The summed E-state index contributed by atoms with van der Waals surface area (Å²) in [6.07, 6.45) is 5.67. The van der Waals surface area contributed by atoms with Crippen molar-refractivity contribution in [2.75, 3.05) is 0 Å². The smallest absolute Gasteiger partial charge is 0.269 e. The molecule has 2 aromatic heterocycles. The number of pyridine rings is 1. The number of aryl methyl sites for hydroxylation is 2. The van der Waals surface area contributed by atoms with E-state index in [-0.39, 0.29) is 11.9 Å². The van der Waals surface area contributed by atoms with Crippen LogP contribution in [0.25, 0.3) is 0 Å². The Kier molecular flexibility index (Phi) is 3.94. The third-order valence-electron chi connectivity index (χ3n) is 3.04. The van der Waals surface area contributed by atoms with Crippen LogP contribution in [0, 0.1) is 6.92 Å². The summed E-state index contributed by atoms with van der Waals surface area (Å²) in [6, 6.07) is 3.96. The fraction of sp³-hybridized carbons (Fsp3) is 0.357. The molecule has 0 saturated carbocycles. The molecule has 0 radical (unpaired) electrons. The van der Waals surface area contributed by atoms with E-state index in [0.717, 1.165) is 17.7 Å². The predicted molar refractivity (Wildman–Crippen MR) is 72.8 cm³/mol. The summed E-state index contributed by atoms with van der Waals surface area (Å²) < 4.78 is 1.70. The lowest BCUT2D eigenvalue weighted by Crippen LogP contribution is -2.35. The van der Waals surface area contributed by atoms with Gasteiger partial charge in [-0.05, 0) is 25.5 Å². The molecule has 5 heteroatoms. The molecule has 1 N–H and O–H groups in total. The maximum absolute atomic E-state index is 12.0. The zero-order valence-electron chi connectivity index (χ0n) is 11.4. The first-order valence-corrected chi connectivity index (χ1v) is 6.25. The predicted octanol–water partition coefficient (Wildman–Crippen LogP) is 1.48. The second-order valence-corrected chi connectivity index (χ2v) is 4.74. The van der Waals surface area contributed by atoms with Crippen molar-refractivity contribution in [3.05, 3.63) is 47.8 Å². The molecule has 1 atom stereocenters. The highest BCUT2D eigenvalue weighted by atomic mass is 16.2. The Morgan fingerprint density at radius 3 is 2.95 bits per heavy atom. The van der Waals surface area contributed by atoms with Gasteiger partial charge in [0.2, 0.25) is 0 Å². The molecule has 0 aliphatic heterocycles. The maximum Gasteiger partial charge on any atom is 0.269 e. The Bertz CT molecular complexity index is 576. The summed E-state index contributed by atoms with van der Waals surface area (Å²) in [5.41, 5.74) is 2.72. The molecule has 0 spiro atoms. The van der Waals surface area contributed by atoms with Crippen LogP contribution >= 0.6 is 0 Å². The first-order chi connectivity index (χ1) is 9.08. The van der Waals surface area contributed by atoms with E-state index < -0.39 is 0 Å². The van der Waals surface area contributed by atoms with Crippen LogP contribution in [0.15, 0.2) is 30.9 Å². The van der Waals surface area contributed by atoms with Crippen molar-refractivity contribution in [2.24, 2.45) is 7.05 Å². The maximum atomic E-state index is 12.0. The van der Waals surface area contributed by atoms with E-state index >= 15 is 0 Å². The Labute approximate surface area is 112 Å². The first-order valence-electron chi connectivity index (χ1n) is 6.25. The van der Waals surface area contributed by atoms with Gasteiger partial charge in [0.25, 0.3) is 5.91 Å². The molecule has 0 aliphatic rings. The van der Waals surface area contributed by atoms with E-state index in [1.165, 1.54) is 0 Å². The molecule has 0 saturated heterocycles. The molecule has 19 heavy (non-hydrogen) atoms. The van der Waals surface area contributed by atoms with Gasteiger partial charge in [-0.15, -0.1) is 0 Å². The first kappa shape index (κ1) is 13.3. The highest BCUT2D eigenvalue weighted by Gasteiger charge is 2.14. The molecule has 0 bridgehead atoms.